The minimum Gasteiger partial charge on any atom is -0.292 e. The molecule has 0 heterocycles. The second kappa shape index (κ2) is 4.08. The van der Waals surface area contributed by atoms with Crippen LogP contribution in [0.4, 0.5) is 0 Å². The summed E-state index contributed by atoms with van der Waals surface area (Å²) in [5.41, 5.74) is 0. The van der Waals surface area contributed by atoms with E-state index in [1.54, 1.807) is 0 Å². The van der Waals surface area contributed by atoms with Crippen LogP contribution in [0.25, 0.3) is 0 Å². The van der Waals surface area contributed by atoms with Crippen molar-refractivity contribution in [3.63, 3.8) is 0 Å². The van der Waals surface area contributed by atoms with Crippen LogP contribution in [-0.4, -0.2) is 27.5 Å². The first-order valence-corrected chi connectivity index (χ1v) is 7.29. The minimum atomic E-state index is -3.71. The monoisotopic (exact) mass is 210 g/mol. The fourth-order valence-corrected chi connectivity index (χ4v) is 3.35. The molecule has 0 amide bonds. The molecule has 0 saturated carbocycles. The molecule has 70 valence electrons. The second-order valence-electron chi connectivity index (χ2n) is 2.54. The lowest BCUT2D eigenvalue weighted by Gasteiger charge is -2.06. The highest BCUT2D eigenvalue weighted by Gasteiger charge is 2.19. The molecule has 0 unspecified atom stereocenters. The third-order valence-electron chi connectivity index (χ3n) is 0.789. The summed E-state index contributed by atoms with van der Waals surface area (Å²) in [6.45, 7) is 2.47. The maximum Gasteiger partial charge on any atom is 0.273 e. The molecule has 0 aromatic heterocycles. The highest BCUT2D eigenvalue weighted by atomic mass is 32.2. The van der Waals surface area contributed by atoms with Crippen LogP contribution in [0.1, 0.15) is 6.42 Å². The van der Waals surface area contributed by atoms with E-state index in [9.17, 15) is 13.0 Å². The molecule has 0 atom stereocenters. The average molecular weight is 210 g/mol. The zero-order valence-electron chi connectivity index (χ0n) is 6.98. The van der Waals surface area contributed by atoms with Gasteiger partial charge in [0.05, 0.1) is 5.75 Å². The molecule has 0 fully saturated rings. The number of hydrogen-bond acceptors (Lipinski definition) is 4. The van der Waals surface area contributed by atoms with Gasteiger partial charge in [0.1, 0.15) is 0 Å². The van der Waals surface area contributed by atoms with Crippen LogP contribution >= 0.6 is 7.37 Å². The molecule has 0 aliphatic heterocycles. The summed E-state index contributed by atoms with van der Waals surface area (Å²) >= 11 is 0. The Morgan fingerprint density at radius 2 is 2.00 bits per heavy atom. The number of terminal acetylenes is 1. The Morgan fingerprint density at radius 3 is 2.33 bits per heavy atom. The van der Waals surface area contributed by atoms with Crippen LogP contribution in [0.3, 0.4) is 0 Å². The van der Waals surface area contributed by atoms with Gasteiger partial charge >= 0.3 is 0 Å². The van der Waals surface area contributed by atoms with E-state index in [1.165, 1.54) is 13.3 Å². The molecule has 0 aliphatic rings. The van der Waals surface area contributed by atoms with Gasteiger partial charge in [-0.25, -0.2) is 3.97 Å². The molecule has 0 aromatic rings. The Bertz CT molecular complexity index is 318. The maximum absolute atomic E-state index is 10.9. The quantitative estimate of drug-likeness (QED) is 0.510. The van der Waals surface area contributed by atoms with Crippen molar-refractivity contribution in [2.75, 3.05) is 19.1 Å². The molecular weight excluding hydrogens is 199 g/mol. The molecular formula is C6H11O4PS. The Hall–Kier alpha value is -0.300. The molecule has 6 heteroatoms. The molecule has 0 N–H and O–H groups in total. The summed E-state index contributed by atoms with van der Waals surface area (Å²) in [5, 5.41) is 0. The van der Waals surface area contributed by atoms with E-state index < -0.39 is 17.5 Å². The van der Waals surface area contributed by atoms with Crippen molar-refractivity contribution < 1.29 is 17.0 Å². The van der Waals surface area contributed by atoms with Crippen molar-refractivity contribution in [1.29, 1.82) is 0 Å². The average Bonchev–Trinajstić information content (AvgIpc) is 1.78. The predicted molar refractivity (Wildman–Crippen MR) is 47.8 cm³/mol. The van der Waals surface area contributed by atoms with Gasteiger partial charge in [0.25, 0.3) is 10.1 Å². The summed E-state index contributed by atoms with van der Waals surface area (Å²) in [5.74, 6) is 1.88. The Kier molecular flexibility index (Phi) is 3.98. The molecule has 0 aromatic carbocycles. The number of rotatable bonds is 4. The summed E-state index contributed by atoms with van der Waals surface area (Å²) in [7, 11) is -6.69. The Labute approximate surface area is 72.9 Å². The first-order valence-electron chi connectivity index (χ1n) is 3.19. The fraction of sp³-hybridized carbons (Fsp3) is 0.667. The van der Waals surface area contributed by atoms with Crippen LogP contribution in [0, 0.1) is 12.3 Å². The van der Waals surface area contributed by atoms with Gasteiger partial charge < -0.3 is 0 Å². The van der Waals surface area contributed by atoms with Crippen LogP contribution < -0.4 is 0 Å². The highest BCUT2D eigenvalue weighted by Crippen LogP contribution is 2.39. The van der Waals surface area contributed by atoms with E-state index in [0.29, 0.717) is 0 Å². The van der Waals surface area contributed by atoms with E-state index in [0.717, 1.165) is 0 Å². The van der Waals surface area contributed by atoms with Crippen LogP contribution in [0.15, 0.2) is 0 Å². The summed E-state index contributed by atoms with van der Waals surface area (Å²) in [6.07, 6.45) is 4.93. The summed E-state index contributed by atoms with van der Waals surface area (Å²) in [6, 6.07) is 0. The van der Waals surface area contributed by atoms with Crippen molar-refractivity contribution in [2.24, 2.45) is 0 Å². The Morgan fingerprint density at radius 1 is 1.50 bits per heavy atom. The van der Waals surface area contributed by atoms with Gasteiger partial charge in [-0.05, 0) is 0 Å². The van der Waals surface area contributed by atoms with Gasteiger partial charge in [-0.3, -0.25) is 4.57 Å². The molecule has 0 radical (unpaired) electrons. The van der Waals surface area contributed by atoms with E-state index in [-0.39, 0.29) is 12.2 Å². The highest BCUT2D eigenvalue weighted by molar-refractivity contribution is 7.91. The van der Waals surface area contributed by atoms with Crippen molar-refractivity contribution >= 4 is 17.5 Å². The van der Waals surface area contributed by atoms with Gasteiger partial charge in [-0.1, -0.05) is 0 Å². The molecule has 12 heavy (non-hydrogen) atoms. The molecule has 4 nitrogen and oxygen atoms in total. The topological polar surface area (TPSA) is 60.4 Å². The lowest BCUT2D eigenvalue weighted by Crippen LogP contribution is -2.07. The summed E-state index contributed by atoms with van der Waals surface area (Å²) in [4.78, 5) is 0. The van der Waals surface area contributed by atoms with E-state index in [2.05, 4.69) is 9.89 Å². The van der Waals surface area contributed by atoms with Crippen molar-refractivity contribution in [3.05, 3.63) is 0 Å². The van der Waals surface area contributed by atoms with Crippen LogP contribution in [0.2, 0.25) is 0 Å². The maximum atomic E-state index is 10.9. The predicted octanol–water partition coefficient (Wildman–Crippen LogP) is 0.894. The van der Waals surface area contributed by atoms with E-state index >= 15 is 0 Å². The first-order chi connectivity index (χ1) is 5.27. The second-order valence-corrected chi connectivity index (χ2v) is 7.17. The molecule has 0 aliphatic carbocycles. The van der Waals surface area contributed by atoms with Gasteiger partial charge in [-0.2, -0.15) is 8.42 Å². The minimum absolute atomic E-state index is 0.0718. The van der Waals surface area contributed by atoms with Crippen molar-refractivity contribution in [2.45, 2.75) is 6.42 Å². The first kappa shape index (κ1) is 11.7. The molecule has 0 bridgehead atoms. The zero-order valence-corrected chi connectivity index (χ0v) is 8.69. The standard InChI is InChI=1S/C6H11O4PS/c1-4-5-6-12(8,9)10-11(2,3)7/h1H,5-6H2,2-3H3. The smallest absolute Gasteiger partial charge is 0.273 e. The lowest BCUT2D eigenvalue weighted by molar-refractivity contribution is 0.467. The SMILES string of the molecule is C#CCCS(=O)(=O)OP(C)(C)=O. The third kappa shape index (κ3) is 6.41. The van der Waals surface area contributed by atoms with Gasteiger partial charge in [0.15, 0.2) is 0 Å². The summed E-state index contributed by atoms with van der Waals surface area (Å²) < 4.78 is 37.1. The van der Waals surface area contributed by atoms with Gasteiger partial charge in [0, 0.05) is 19.8 Å². The number of hydrogen-bond donors (Lipinski definition) is 0. The normalized spacial score (nSPS) is 12.4. The largest absolute Gasteiger partial charge is 0.292 e. The van der Waals surface area contributed by atoms with Crippen LogP contribution in [0.5, 0.6) is 0 Å². The molecule has 0 rings (SSSR count). The van der Waals surface area contributed by atoms with Crippen LogP contribution in [-0.2, 0) is 18.7 Å². The lowest BCUT2D eigenvalue weighted by atomic mass is 10.5. The van der Waals surface area contributed by atoms with E-state index in [4.69, 9.17) is 6.42 Å². The van der Waals surface area contributed by atoms with Gasteiger partial charge in [0.2, 0.25) is 7.37 Å². The zero-order chi connectivity index (χ0) is 9.83. The molecule has 0 saturated heterocycles. The fourth-order valence-electron chi connectivity index (χ4n) is 0.495. The Balaban J connectivity index is 4.28. The third-order valence-corrected chi connectivity index (χ3v) is 3.84. The van der Waals surface area contributed by atoms with Crippen molar-refractivity contribution in [1.82, 2.24) is 0 Å². The van der Waals surface area contributed by atoms with E-state index in [1.807, 2.05) is 0 Å². The van der Waals surface area contributed by atoms with Crippen molar-refractivity contribution in [3.8, 4) is 12.3 Å². The van der Waals surface area contributed by atoms with Gasteiger partial charge in [-0.15, -0.1) is 12.3 Å². The molecule has 0 spiro atoms.